The minimum Gasteiger partial charge on any atom is -0.296 e. The van der Waals surface area contributed by atoms with Crippen LogP contribution in [-0.2, 0) is 10.0 Å². The number of carbonyl (C=O) groups is 1. The second-order valence-corrected chi connectivity index (χ2v) is 10.6. The van der Waals surface area contributed by atoms with Crippen LogP contribution in [0.15, 0.2) is 22.5 Å². The molecule has 1 aromatic heterocycles. The zero-order valence-corrected chi connectivity index (χ0v) is 17.2. The van der Waals surface area contributed by atoms with E-state index in [2.05, 4.69) is 15.5 Å². The minimum atomic E-state index is -3.41. The number of carbonyl (C=O) groups excluding carboxylic acids is 1. The van der Waals surface area contributed by atoms with E-state index in [4.69, 9.17) is 11.6 Å². The van der Waals surface area contributed by atoms with Crippen molar-refractivity contribution in [1.29, 1.82) is 0 Å². The van der Waals surface area contributed by atoms with E-state index in [0.717, 1.165) is 14.9 Å². The lowest BCUT2D eigenvalue weighted by Crippen LogP contribution is -2.25. The van der Waals surface area contributed by atoms with Crippen molar-refractivity contribution < 1.29 is 13.2 Å². The number of hydrogen-bond donors (Lipinski definition) is 1. The van der Waals surface area contributed by atoms with E-state index >= 15 is 0 Å². The fourth-order valence-corrected chi connectivity index (χ4v) is 4.48. The summed E-state index contributed by atoms with van der Waals surface area (Å²) in [6.45, 7) is 4.08. The average Bonchev–Trinajstić information content (AvgIpc) is 2.91. The van der Waals surface area contributed by atoms with Gasteiger partial charge in [-0.2, -0.15) is 0 Å². The number of halogens is 1. The standard InChI is InChI=1S/C14H17ClN4O3S3/c1-8(2)23-14-18-17-13(24-14)16-12(20)10-6-5-9(7-11(10)15)19(3)25(4,21)22/h5-8H,1-4H3,(H,16,17,20). The van der Waals surface area contributed by atoms with Crippen LogP contribution in [0.4, 0.5) is 10.8 Å². The maximum Gasteiger partial charge on any atom is 0.259 e. The molecule has 0 aliphatic rings. The Labute approximate surface area is 159 Å². The van der Waals surface area contributed by atoms with Crippen molar-refractivity contribution in [2.24, 2.45) is 0 Å². The molecule has 1 heterocycles. The number of sulfonamides is 1. The maximum atomic E-state index is 12.3. The van der Waals surface area contributed by atoms with E-state index in [1.807, 2.05) is 13.8 Å². The number of benzene rings is 1. The number of hydrogen-bond acceptors (Lipinski definition) is 7. The summed E-state index contributed by atoms with van der Waals surface area (Å²) in [5.41, 5.74) is 0.594. The Morgan fingerprint density at radius 1 is 1.36 bits per heavy atom. The van der Waals surface area contributed by atoms with Gasteiger partial charge in [0.05, 0.1) is 22.5 Å². The highest BCUT2D eigenvalue weighted by molar-refractivity contribution is 8.01. The van der Waals surface area contributed by atoms with Crippen molar-refractivity contribution in [3.63, 3.8) is 0 Å². The van der Waals surface area contributed by atoms with Gasteiger partial charge >= 0.3 is 0 Å². The summed E-state index contributed by atoms with van der Waals surface area (Å²) in [7, 11) is -1.99. The van der Waals surface area contributed by atoms with Crippen LogP contribution < -0.4 is 9.62 Å². The third-order valence-electron chi connectivity index (χ3n) is 3.02. The van der Waals surface area contributed by atoms with Crippen molar-refractivity contribution in [2.45, 2.75) is 23.4 Å². The molecule has 25 heavy (non-hydrogen) atoms. The number of anilines is 2. The van der Waals surface area contributed by atoms with Gasteiger partial charge in [-0.3, -0.25) is 14.4 Å². The molecule has 0 saturated heterocycles. The third kappa shape index (κ3) is 5.30. The number of amides is 1. The van der Waals surface area contributed by atoms with Crippen LogP contribution in [0.3, 0.4) is 0 Å². The molecule has 7 nitrogen and oxygen atoms in total. The van der Waals surface area contributed by atoms with E-state index < -0.39 is 15.9 Å². The Hall–Kier alpha value is -1.36. The van der Waals surface area contributed by atoms with Gasteiger partial charge in [-0.05, 0) is 18.2 Å². The second kappa shape index (κ2) is 7.90. The topological polar surface area (TPSA) is 92.3 Å². The Morgan fingerprint density at radius 2 is 2.04 bits per heavy atom. The van der Waals surface area contributed by atoms with Crippen molar-refractivity contribution >= 4 is 61.4 Å². The highest BCUT2D eigenvalue weighted by Crippen LogP contribution is 2.29. The van der Waals surface area contributed by atoms with Gasteiger partial charge in [0.15, 0.2) is 4.34 Å². The summed E-state index contributed by atoms with van der Waals surface area (Å²) in [6.07, 6.45) is 1.09. The first-order valence-electron chi connectivity index (χ1n) is 7.13. The summed E-state index contributed by atoms with van der Waals surface area (Å²) in [5.74, 6) is -0.434. The van der Waals surface area contributed by atoms with Crippen LogP contribution in [-0.4, -0.2) is 43.1 Å². The van der Waals surface area contributed by atoms with E-state index in [1.165, 1.54) is 36.6 Å². The zero-order chi connectivity index (χ0) is 18.8. The van der Waals surface area contributed by atoms with E-state index in [0.29, 0.717) is 16.1 Å². The van der Waals surface area contributed by atoms with Gasteiger partial charge in [0, 0.05) is 12.3 Å². The van der Waals surface area contributed by atoms with Crippen LogP contribution in [0.2, 0.25) is 5.02 Å². The van der Waals surface area contributed by atoms with Gasteiger partial charge in [-0.1, -0.05) is 48.5 Å². The van der Waals surface area contributed by atoms with E-state index in [-0.39, 0.29) is 10.6 Å². The summed E-state index contributed by atoms with van der Waals surface area (Å²) in [6, 6.07) is 4.42. The molecule has 1 amide bonds. The third-order valence-corrected chi connectivity index (χ3v) is 6.47. The molecular formula is C14H17ClN4O3S3. The Morgan fingerprint density at radius 3 is 2.60 bits per heavy atom. The van der Waals surface area contributed by atoms with Gasteiger partial charge in [-0.15, -0.1) is 10.2 Å². The maximum absolute atomic E-state index is 12.3. The Bertz CT molecular complexity index is 883. The van der Waals surface area contributed by atoms with Crippen LogP contribution in [0.25, 0.3) is 0 Å². The lowest BCUT2D eigenvalue weighted by molar-refractivity contribution is 0.102. The molecule has 11 heteroatoms. The average molecular weight is 421 g/mol. The number of rotatable bonds is 6. The molecule has 0 radical (unpaired) electrons. The first-order valence-corrected chi connectivity index (χ1v) is 11.0. The fraction of sp³-hybridized carbons (Fsp3) is 0.357. The summed E-state index contributed by atoms with van der Waals surface area (Å²) >= 11 is 8.98. The predicted molar refractivity (Wildman–Crippen MR) is 104 cm³/mol. The van der Waals surface area contributed by atoms with Gasteiger partial charge in [0.1, 0.15) is 0 Å². The summed E-state index contributed by atoms with van der Waals surface area (Å²) in [4.78, 5) is 12.3. The van der Waals surface area contributed by atoms with E-state index in [9.17, 15) is 13.2 Å². The second-order valence-electron chi connectivity index (χ2n) is 5.39. The number of aromatic nitrogens is 2. The summed E-state index contributed by atoms with van der Waals surface area (Å²) in [5, 5.41) is 11.5. The van der Waals surface area contributed by atoms with Gasteiger partial charge in [0.25, 0.3) is 5.91 Å². The van der Waals surface area contributed by atoms with E-state index in [1.54, 1.807) is 11.8 Å². The molecule has 0 unspecified atom stereocenters. The lowest BCUT2D eigenvalue weighted by atomic mass is 10.2. The molecule has 0 aliphatic heterocycles. The molecule has 0 fully saturated rings. The molecule has 0 spiro atoms. The molecule has 1 N–H and O–H groups in total. The molecule has 2 aromatic rings. The monoisotopic (exact) mass is 420 g/mol. The van der Waals surface area contributed by atoms with Crippen LogP contribution in [0.1, 0.15) is 24.2 Å². The predicted octanol–water partition coefficient (Wildman–Crippen LogP) is 3.34. The smallest absolute Gasteiger partial charge is 0.259 e. The molecule has 1 aromatic carbocycles. The van der Waals surface area contributed by atoms with Crippen molar-refractivity contribution in [3.05, 3.63) is 28.8 Å². The Balaban J connectivity index is 2.16. The van der Waals surface area contributed by atoms with Crippen molar-refractivity contribution in [3.8, 4) is 0 Å². The molecule has 2 rings (SSSR count). The highest BCUT2D eigenvalue weighted by atomic mass is 35.5. The molecular weight excluding hydrogens is 404 g/mol. The Kier molecular flexibility index (Phi) is 6.30. The van der Waals surface area contributed by atoms with Gasteiger partial charge < -0.3 is 0 Å². The van der Waals surface area contributed by atoms with Crippen molar-refractivity contribution in [1.82, 2.24) is 10.2 Å². The number of nitrogens with one attached hydrogen (secondary N) is 1. The SMILES string of the molecule is CC(C)Sc1nnc(NC(=O)c2ccc(N(C)S(C)(=O)=O)cc2Cl)s1. The lowest BCUT2D eigenvalue weighted by Gasteiger charge is -2.17. The van der Waals surface area contributed by atoms with Crippen LogP contribution in [0.5, 0.6) is 0 Å². The fourth-order valence-electron chi connectivity index (χ4n) is 1.75. The molecule has 0 aliphatic carbocycles. The molecule has 0 bridgehead atoms. The zero-order valence-electron chi connectivity index (χ0n) is 14.0. The molecule has 0 saturated carbocycles. The van der Waals surface area contributed by atoms with Crippen molar-refractivity contribution in [2.75, 3.05) is 22.9 Å². The van der Waals surface area contributed by atoms with Gasteiger partial charge in [0.2, 0.25) is 15.2 Å². The summed E-state index contributed by atoms with van der Waals surface area (Å²) < 4.78 is 25.0. The molecule has 136 valence electrons. The number of thioether (sulfide) groups is 1. The molecule has 0 atom stereocenters. The largest absolute Gasteiger partial charge is 0.296 e. The van der Waals surface area contributed by atoms with Crippen LogP contribution in [0, 0.1) is 0 Å². The normalized spacial score (nSPS) is 11.6. The quantitative estimate of drug-likeness (QED) is 0.569. The highest BCUT2D eigenvalue weighted by Gasteiger charge is 2.17. The first kappa shape index (κ1) is 20.0. The van der Waals surface area contributed by atoms with Crippen LogP contribution >= 0.6 is 34.7 Å². The first-order chi connectivity index (χ1) is 11.6. The van der Waals surface area contributed by atoms with Gasteiger partial charge in [-0.25, -0.2) is 8.42 Å². The minimum absolute atomic E-state index is 0.145. The number of nitrogens with zero attached hydrogens (tertiary/aromatic N) is 3.